The monoisotopic (exact) mass is 613 g/mol. The number of anilines is 2. The van der Waals surface area contributed by atoms with Crippen molar-refractivity contribution in [1.82, 2.24) is 5.32 Å². The van der Waals surface area contributed by atoms with Gasteiger partial charge in [-0.3, -0.25) is 14.4 Å². The van der Waals surface area contributed by atoms with Gasteiger partial charge in [-0.25, -0.2) is 4.79 Å². The van der Waals surface area contributed by atoms with Gasteiger partial charge in [0, 0.05) is 26.9 Å². The van der Waals surface area contributed by atoms with Crippen molar-refractivity contribution in [3.8, 4) is 0 Å². The number of rotatable bonds is 10. The first-order valence-corrected chi connectivity index (χ1v) is 14.4. The summed E-state index contributed by atoms with van der Waals surface area (Å²) in [7, 11) is 0. The Hall–Kier alpha value is -4.86. The highest BCUT2D eigenvalue weighted by molar-refractivity contribution is 8.00. The van der Waals surface area contributed by atoms with E-state index >= 15 is 0 Å². The van der Waals surface area contributed by atoms with Crippen LogP contribution in [-0.2, 0) is 9.59 Å². The lowest BCUT2D eigenvalue weighted by Gasteiger charge is -2.15. The van der Waals surface area contributed by atoms with Crippen molar-refractivity contribution in [3.63, 3.8) is 0 Å². The van der Waals surface area contributed by atoms with Crippen LogP contribution in [0, 0.1) is 6.92 Å². The van der Waals surface area contributed by atoms with Crippen molar-refractivity contribution < 1.29 is 24.3 Å². The van der Waals surface area contributed by atoms with E-state index < -0.39 is 23.0 Å². The Labute approximate surface area is 258 Å². The van der Waals surface area contributed by atoms with Gasteiger partial charge >= 0.3 is 5.97 Å². The van der Waals surface area contributed by atoms with E-state index in [4.69, 9.17) is 11.6 Å². The Kier molecular flexibility index (Phi) is 10.4. The molecule has 4 rings (SSSR count). The predicted octanol–water partition coefficient (Wildman–Crippen LogP) is 6.88. The molecule has 4 aromatic rings. The van der Waals surface area contributed by atoms with Crippen LogP contribution in [0.3, 0.4) is 0 Å². The Balaban J connectivity index is 1.43. The zero-order valence-corrected chi connectivity index (χ0v) is 24.8. The molecule has 0 fully saturated rings. The standard InChI is InChI=1S/C33H28ClN3O5S/c1-20-8-11-24(33(41)42)19-28(20)36-30(38)21(2)43-27-16-14-26(15-17-27)35-32(40)29(18-22-9-12-25(34)13-10-22)37-31(39)23-6-4-3-5-7-23/h3-19,21H,1-2H3,(H,35,40)(H,36,38)(H,37,39)(H,41,42)/b29-18-. The second-order valence-corrected chi connectivity index (χ2v) is 11.3. The van der Waals surface area contributed by atoms with Crippen LogP contribution in [0.5, 0.6) is 0 Å². The SMILES string of the molecule is Cc1ccc(C(=O)O)cc1NC(=O)C(C)Sc1ccc(NC(=O)/C(=C/c2ccc(Cl)cc2)NC(=O)c2ccccc2)cc1. The van der Waals surface area contributed by atoms with Crippen LogP contribution in [0.1, 0.15) is 38.8 Å². The van der Waals surface area contributed by atoms with Crippen LogP contribution in [-0.4, -0.2) is 34.0 Å². The number of aryl methyl sites for hydroxylation is 1. The van der Waals surface area contributed by atoms with Gasteiger partial charge in [0.1, 0.15) is 5.70 Å². The van der Waals surface area contributed by atoms with Gasteiger partial charge in [-0.15, -0.1) is 11.8 Å². The summed E-state index contributed by atoms with van der Waals surface area (Å²) < 4.78 is 0. The van der Waals surface area contributed by atoms with Gasteiger partial charge in [-0.2, -0.15) is 0 Å². The molecule has 0 bridgehead atoms. The van der Waals surface area contributed by atoms with E-state index in [1.54, 1.807) is 105 Å². The molecule has 8 nitrogen and oxygen atoms in total. The molecular formula is C33H28ClN3O5S. The van der Waals surface area contributed by atoms with Crippen LogP contribution < -0.4 is 16.0 Å². The fourth-order valence-electron chi connectivity index (χ4n) is 3.87. The van der Waals surface area contributed by atoms with Crippen molar-refractivity contribution in [3.05, 3.63) is 130 Å². The minimum absolute atomic E-state index is 0.0437. The van der Waals surface area contributed by atoms with Crippen molar-refractivity contribution >= 4 is 64.5 Å². The average molecular weight is 614 g/mol. The second-order valence-electron chi connectivity index (χ2n) is 9.49. The number of hydrogen-bond acceptors (Lipinski definition) is 5. The van der Waals surface area contributed by atoms with Crippen molar-refractivity contribution in [1.29, 1.82) is 0 Å². The van der Waals surface area contributed by atoms with Gasteiger partial charge < -0.3 is 21.1 Å². The number of amides is 3. The summed E-state index contributed by atoms with van der Waals surface area (Å²) >= 11 is 7.30. The molecule has 10 heteroatoms. The Morgan fingerprint density at radius 2 is 1.51 bits per heavy atom. The van der Waals surface area contributed by atoms with Gasteiger partial charge in [0.2, 0.25) is 5.91 Å². The molecule has 4 N–H and O–H groups in total. The van der Waals surface area contributed by atoms with Crippen LogP contribution in [0.15, 0.2) is 108 Å². The van der Waals surface area contributed by atoms with Gasteiger partial charge in [-0.1, -0.05) is 48.0 Å². The summed E-state index contributed by atoms with van der Waals surface area (Å²) in [6, 6.07) is 26.9. The fourth-order valence-corrected chi connectivity index (χ4v) is 4.86. The molecule has 0 saturated carbocycles. The highest BCUT2D eigenvalue weighted by Crippen LogP contribution is 2.27. The molecule has 0 aliphatic rings. The average Bonchev–Trinajstić information content (AvgIpc) is 3.00. The smallest absolute Gasteiger partial charge is 0.335 e. The molecule has 0 saturated heterocycles. The molecule has 4 aromatic carbocycles. The lowest BCUT2D eigenvalue weighted by Crippen LogP contribution is -2.30. The van der Waals surface area contributed by atoms with E-state index in [0.29, 0.717) is 27.5 Å². The summed E-state index contributed by atoms with van der Waals surface area (Å²) in [6.07, 6.45) is 1.56. The molecule has 3 amide bonds. The van der Waals surface area contributed by atoms with E-state index in [1.165, 1.54) is 23.9 Å². The molecule has 0 aromatic heterocycles. The molecular weight excluding hydrogens is 586 g/mol. The third-order valence-electron chi connectivity index (χ3n) is 6.25. The number of hydrogen-bond donors (Lipinski definition) is 4. The van der Waals surface area contributed by atoms with E-state index in [2.05, 4.69) is 16.0 Å². The Bertz CT molecular complexity index is 1670. The number of carbonyl (C=O) groups excluding carboxylic acids is 3. The van der Waals surface area contributed by atoms with Crippen molar-refractivity contribution in [2.75, 3.05) is 10.6 Å². The van der Waals surface area contributed by atoms with Crippen LogP contribution in [0.2, 0.25) is 5.02 Å². The quantitative estimate of drug-likeness (QED) is 0.114. The number of aromatic carboxylic acids is 1. The number of carboxylic acid groups (broad SMARTS) is 1. The molecule has 0 radical (unpaired) electrons. The maximum Gasteiger partial charge on any atom is 0.335 e. The highest BCUT2D eigenvalue weighted by atomic mass is 35.5. The molecule has 43 heavy (non-hydrogen) atoms. The fraction of sp³-hybridized carbons (Fsp3) is 0.0909. The lowest BCUT2D eigenvalue weighted by atomic mass is 10.1. The summed E-state index contributed by atoms with van der Waals surface area (Å²) in [4.78, 5) is 51.0. The van der Waals surface area contributed by atoms with Crippen molar-refractivity contribution in [2.45, 2.75) is 24.0 Å². The highest BCUT2D eigenvalue weighted by Gasteiger charge is 2.18. The zero-order chi connectivity index (χ0) is 30.9. The minimum Gasteiger partial charge on any atom is -0.478 e. The van der Waals surface area contributed by atoms with E-state index in [-0.39, 0.29) is 17.2 Å². The second kappa shape index (κ2) is 14.4. The van der Waals surface area contributed by atoms with E-state index in [9.17, 15) is 24.3 Å². The minimum atomic E-state index is -1.07. The van der Waals surface area contributed by atoms with Gasteiger partial charge in [-0.05, 0) is 91.7 Å². The topological polar surface area (TPSA) is 125 Å². The largest absolute Gasteiger partial charge is 0.478 e. The molecule has 1 atom stereocenters. The van der Waals surface area contributed by atoms with Crippen LogP contribution >= 0.6 is 23.4 Å². The first-order valence-electron chi connectivity index (χ1n) is 13.2. The molecule has 1 unspecified atom stereocenters. The number of carbonyl (C=O) groups is 4. The third-order valence-corrected chi connectivity index (χ3v) is 7.61. The summed E-state index contributed by atoms with van der Waals surface area (Å²) in [6.45, 7) is 3.53. The molecule has 0 aliphatic carbocycles. The predicted molar refractivity (Wildman–Crippen MR) is 170 cm³/mol. The van der Waals surface area contributed by atoms with Crippen LogP contribution in [0.25, 0.3) is 6.08 Å². The van der Waals surface area contributed by atoms with Gasteiger partial charge in [0.25, 0.3) is 11.8 Å². The van der Waals surface area contributed by atoms with Crippen LogP contribution in [0.4, 0.5) is 11.4 Å². The number of halogens is 1. The first kappa shape index (κ1) is 31.1. The number of benzene rings is 4. The summed E-state index contributed by atoms with van der Waals surface area (Å²) in [5.41, 5.74) is 2.89. The number of nitrogens with one attached hydrogen (secondary N) is 3. The van der Waals surface area contributed by atoms with E-state index in [0.717, 1.165) is 10.5 Å². The Morgan fingerprint density at radius 1 is 0.837 bits per heavy atom. The normalized spacial score (nSPS) is 11.7. The molecule has 0 aliphatic heterocycles. The lowest BCUT2D eigenvalue weighted by molar-refractivity contribution is -0.115. The van der Waals surface area contributed by atoms with Gasteiger partial charge in [0.05, 0.1) is 10.8 Å². The molecule has 0 heterocycles. The summed E-state index contributed by atoms with van der Waals surface area (Å²) in [5, 5.41) is 17.6. The number of carboxylic acids is 1. The zero-order valence-electron chi connectivity index (χ0n) is 23.3. The summed E-state index contributed by atoms with van der Waals surface area (Å²) in [5.74, 6) is -2.30. The Morgan fingerprint density at radius 3 is 2.16 bits per heavy atom. The molecule has 0 spiro atoms. The number of thioether (sulfide) groups is 1. The van der Waals surface area contributed by atoms with Crippen molar-refractivity contribution in [2.24, 2.45) is 0 Å². The first-order chi connectivity index (χ1) is 20.6. The van der Waals surface area contributed by atoms with Gasteiger partial charge in [0.15, 0.2) is 0 Å². The molecule has 218 valence electrons. The maximum atomic E-state index is 13.3. The maximum absolute atomic E-state index is 13.3. The third kappa shape index (κ3) is 8.81. The van der Waals surface area contributed by atoms with E-state index in [1.807, 2.05) is 0 Å².